The molecule has 0 aliphatic carbocycles. The summed E-state index contributed by atoms with van der Waals surface area (Å²) in [6.45, 7) is 0. The number of rotatable bonds is 3. The average molecular weight is 274 g/mol. The highest BCUT2D eigenvalue weighted by atomic mass is 32.1. The van der Waals surface area contributed by atoms with Crippen molar-refractivity contribution in [3.8, 4) is 0 Å². The number of carbonyl (C=O) groups is 1. The van der Waals surface area contributed by atoms with Gasteiger partial charge < -0.3 is 15.2 Å². The molecule has 2 aromatic rings. The standard InChI is InChI=1S/C13H14N4OS/c1-16-7-11(15-8-16)13(18)17(2)10-5-3-9(4-6-10)12(14)19/h3-8H,1-2H3,(H2,14,19). The first kappa shape index (κ1) is 13.2. The molecule has 5 nitrogen and oxygen atoms in total. The van der Waals surface area contributed by atoms with Crippen molar-refractivity contribution >= 4 is 28.8 Å². The van der Waals surface area contributed by atoms with Crippen LogP contribution < -0.4 is 10.6 Å². The first-order valence-electron chi connectivity index (χ1n) is 5.65. The first-order chi connectivity index (χ1) is 8.99. The number of hydrogen-bond acceptors (Lipinski definition) is 3. The SMILES string of the molecule is CN(C(=O)c1cn(C)cn1)c1ccc(C(N)=S)cc1. The van der Waals surface area contributed by atoms with Crippen molar-refractivity contribution in [2.45, 2.75) is 0 Å². The van der Waals surface area contributed by atoms with Gasteiger partial charge in [0.05, 0.1) is 6.33 Å². The van der Waals surface area contributed by atoms with Crippen LogP contribution in [0.1, 0.15) is 16.1 Å². The molecule has 1 aromatic carbocycles. The predicted octanol–water partition coefficient (Wildman–Crippen LogP) is 1.33. The number of anilines is 1. The van der Waals surface area contributed by atoms with Gasteiger partial charge in [0, 0.05) is 31.5 Å². The molecule has 0 radical (unpaired) electrons. The van der Waals surface area contributed by atoms with E-state index in [4.69, 9.17) is 18.0 Å². The Bertz CT molecular complexity index is 618. The Morgan fingerprint density at radius 2 is 2.00 bits per heavy atom. The van der Waals surface area contributed by atoms with E-state index in [0.29, 0.717) is 10.7 Å². The van der Waals surface area contributed by atoms with Crippen LogP contribution in [-0.4, -0.2) is 27.5 Å². The van der Waals surface area contributed by atoms with Gasteiger partial charge >= 0.3 is 0 Å². The smallest absolute Gasteiger partial charge is 0.278 e. The van der Waals surface area contributed by atoms with Gasteiger partial charge in [-0.1, -0.05) is 12.2 Å². The second kappa shape index (κ2) is 5.19. The normalized spacial score (nSPS) is 10.2. The Morgan fingerprint density at radius 3 is 2.47 bits per heavy atom. The molecule has 98 valence electrons. The summed E-state index contributed by atoms with van der Waals surface area (Å²) in [5.41, 5.74) is 7.47. The van der Waals surface area contributed by atoms with Crippen molar-refractivity contribution < 1.29 is 4.79 Å². The Morgan fingerprint density at radius 1 is 1.37 bits per heavy atom. The summed E-state index contributed by atoms with van der Waals surface area (Å²) in [5.74, 6) is -0.163. The fraction of sp³-hybridized carbons (Fsp3) is 0.154. The summed E-state index contributed by atoms with van der Waals surface area (Å²) in [7, 11) is 3.52. The van der Waals surface area contributed by atoms with Crippen LogP contribution in [0.15, 0.2) is 36.8 Å². The molecule has 2 N–H and O–H groups in total. The van der Waals surface area contributed by atoms with Gasteiger partial charge in [0.15, 0.2) is 0 Å². The molecular formula is C13H14N4OS. The predicted molar refractivity (Wildman–Crippen MR) is 78.3 cm³/mol. The molecule has 0 saturated heterocycles. The molecule has 2 rings (SSSR count). The van der Waals surface area contributed by atoms with Crippen LogP contribution in [0.25, 0.3) is 0 Å². The van der Waals surface area contributed by atoms with E-state index in [-0.39, 0.29) is 5.91 Å². The first-order valence-corrected chi connectivity index (χ1v) is 6.06. The van der Waals surface area contributed by atoms with E-state index in [1.165, 1.54) is 4.90 Å². The van der Waals surface area contributed by atoms with E-state index >= 15 is 0 Å². The highest BCUT2D eigenvalue weighted by Gasteiger charge is 2.15. The lowest BCUT2D eigenvalue weighted by Crippen LogP contribution is -2.26. The van der Waals surface area contributed by atoms with E-state index in [0.717, 1.165) is 11.3 Å². The van der Waals surface area contributed by atoms with Crippen LogP contribution in [0.4, 0.5) is 5.69 Å². The van der Waals surface area contributed by atoms with Gasteiger partial charge in [-0.2, -0.15) is 0 Å². The average Bonchev–Trinajstić information content (AvgIpc) is 2.84. The number of carbonyl (C=O) groups excluding carboxylic acids is 1. The second-order valence-corrected chi connectivity index (χ2v) is 4.64. The number of thiocarbonyl (C=S) groups is 1. The minimum atomic E-state index is -0.163. The van der Waals surface area contributed by atoms with Crippen molar-refractivity contribution in [2.75, 3.05) is 11.9 Å². The Balaban J connectivity index is 2.21. The lowest BCUT2D eigenvalue weighted by atomic mass is 10.2. The van der Waals surface area contributed by atoms with Crippen LogP contribution in [0, 0.1) is 0 Å². The maximum atomic E-state index is 12.2. The maximum Gasteiger partial charge on any atom is 0.278 e. The molecular weight excluding hydrogens is 260 g/mol. The lowest BCUT2D eigenvalue weighted by molar-refractivity contribution is 0.0988. The number of nitrogens with two attached hydrogens (primary N) is 1. The quantitative estimate of drug-likeness (QED) is 0.858. The van der Waals surface area contributed by atoms with Gasteiger partial charge in [0.1, 0.15) is 10.7 Å². The van der Waals surface area contributed by atoms with Gasteiger partial charge in [0.25, 0.3) is 5.91 Å². The largest absolute Gasteiger partial charge is 0.389 e. The topological polar surface area (TPSA) is 64.2 Å². The third-order valence-corrected chi connectivity index (χ3v) is 3.00. The third kappa shape index (κ3) is 2.79. The van der Waals surface area contributed by atoms with E-state index in [1.807, 2.05) is 7.05 Å². The molecule has 0 atom stereocenters. The van der Waals surface area contributed by atoms with E-state index < -0.39 is 0 Å². The van der Waals surface area contributed by atoms with Gasteiger partial charge in [-0.05, 0) is 24.3 Å². The fourth-order valence-electron chi connectivity index (χ4n) is 1.66. The number of nitrogens with zero attached hydrogens (tertiary/aromatic N) is 3. The van der Waals surface area contributed by atoms with Crippen LogP contribution in [0.3, 0.4) is 0 Å². The molecule has 0 aliphatic heterocycles. The number of hydrogen-bond donors (Lipinski definition) is 1. The van der Waals surface area contributed by atoms with Crippen LogP contribution in [-0.2, 0) is 7.05 Å². The monoisotopic (exact) mass is 274 g/mol. The number of aromatic nitrogens is 2. The van der Waals surface area contributed by atoms with Crippen molar-refractivity contribution in [3.63, 3.8) is 0 Å². The molecule has 0 bridgehead atoms. The molecule has 1 aromatic heterocycles. The molecule has 0 saturated carbocycles. The Kier molecular flexibility index (Phi) is 3.62. The zero-order chi connectivity index (χ0) is 14.0. The molecule has 0 fully saturated rings. The summed E-state index contributed by atoms with van der Waals surface area (Å²) in [6, 6.07) is 7.18. The third-order valence-electron chi connectivity index (χ3n) is 2.77. The van der Waals surface area contributed by atoms with Crippen molar-refractivity contribution in [1.82, 2.24) is 9.55 Å². The summed E-state index contributed by atoms with van der Waals surface area (Å²) in [4.78, 5) is 18.1. The van der Waals surface area contributed by atoms with Gasteiger partial charge in [0.2, 0.25) is 0 Å². The minimum absolute atomic E-state index is 0.163. The molecule has 0 aliphatic rings. The van der Waals surface area contributed by atoms with E-state index in [9.17, 15) is 4.79 Å². The van der Waals surface area contributed by atoms with Crippen molar-refractivity contribution in [3.05, 3.63) is 48.0 Å². The van der Waals surface area contributed by atoms with Crippen LogP contribution >= 0.6 is 12.2 Å². The van der Waals surface area contributed by atoms with Crippen LogP contribution in [0.2, 0.25) is 0 Å². The zero-order valence-electron chi connectivity index (χ0n) is 10.7. The number of aryl methyl sites for hydroxylation is 1. The summed E-state index contributed by atoms with van der Waals surface area (Å²) in [5, 5.41) is 0. The van der Waals surface area contributed by atoms with E-state index in [2.05, 4.69) is 4.98 Å². The maximum absolute atomic E-state index is 12.2. The number of amides is 1. The fourth-order valence-corrected chi connectivity index (χ4v) is 1.80. The Labute approximate surface area is 116 Å². The number of benzene rings is 1. The van der Waals surface area contributed by atoms with Gasteiger partial charge in [-0.3, -0.25) is 4.79 Å². The summed E-state index contributed by atoms with van der Waals surface area (Å²) in [6.07, 6.45) is 3.28. The highest BCUT2D eigenvalue weighted by molar-refractivity contribution is 7.80. The highest BCUT2D eigenvalue weighted by Crippen LogP contribution is 2.16. The minimum Gasteiger partial charge on any atom is -0.389 e. The van der Waals surface area contributed by atoms with Crippen LogP contribution in [0.5, 0.6) is 0 Å². The lowest BCUT2D eigenvalue weighted by Gasteiger charge is -2.16. The molecule has 6 heteroatoms. The molecule has 19 heavy (non-hydrogen) atoms. The van der Waals surface area contributed by atoms with Gasteiger partial charge in [-0.25, -0.2) is 4.98 Å². The van der Waals surface area contributed by atoms with Crippen molar-refractivity contribution in [2.24, 2.45) is 12.8 Å². The molecule has 1 amide bonds. The van der Waals surface area contributed by atoms with Gasteiger partial charge in [-0.15, -0.1) is 0 Å². The van der Waals surface area contributed by atoms with Crippen molar-refractivity contribution in [1.29, 1.82) is 0 Å². The van der Waals surface area contributed by atoms with E-state index in [1.54, 1.807) is 48.4 Å². The molecule has 1 heterocycles. The molecule has 0 spiro atoms. The summed E-state index contributed by atoms with van der Waals surface area (Å²) < 4.78 is 1.73. The molecule has 0 unspecified atom stereocenters. The summed E-state index contributed by atoms with van der Waals surface area (Å²) >= 11 is 4.89. The number of imidazole rings is 1. The Hall–Kier alpha value is -2.21. The zero-order valence-corrected chi connectivity index (χ0v) is 11.5. The second-order valence-electron chi connectivity index (χ2n) is 4.20.